The number of carbonyl (C=O) groups excluding carboxylic acids is 3. The van der Waals surface area contributed by atoms with E-state index in [1.165, 1.54) is 17.0 Å². The lowest BCUT2D eigenvalue weighted by Gasteiger charge is -2.29. The number of fused-ring (bicyclic) bond motifs is 2. The first-order valence-corrected chi connectivity index (χ1v) is 10.8. The average Bonchev–Trinajstić information content (AvgIpc) is 3.33. The average molecular weight is 477 g/mol. The zero-order valence-corrected chi connectivity index (χ0v) is 18.4. The van der Waals surface area contributed by atoms with Crippen molar-refractivity contribution in [3.63, 3.8) is 0 Å². The quantitative estimate of drug-likeness (QED) is 0.563. The summed E-state index contributed by atoms with van der Waals surface area (Å²) in [7, 11) is 0. The Labute approximate surface area is 199 Å². The van der Waals surface area contributed by atoms with Crippen molar-refractivity contribution in [3.05, 3.63) is 72.0 Å². The van der Waals surface area contributed by atoms with E-state index in [0.717, 1.165) is 6.07 Å². The number of ether oxygens (including phenoxy) is 3. The van der Waals surface area contributed by atoms with Gasteiger partial charge in [0.25, 0.3) is 11.8 Å². The molecule has 3 amide bonds. The molecule has 2 N–H and O–H groups in total. The van der Waals surface area contributed by atoms with Gasteiger partial charge < -0.3 is 29.7 Å². The van der Waals surface area contributed by atoms with Crippen molar-refractivity contribution in [2.24, 2.45) is 0 Å². The predicted octanol–water partition coefficient (Wildman–Crippen LogP) is 3.56. The van der Waals surface area contributed by atoms with E-state index in [0.29, 0.717) is 34.2 Å². The van der Waals surface area contributed by atoms with Crippen molar-refractivity contribution in [2.45, 2.75) is 6.42 Å². The van der Waals surface area contributed by atoms with Crippen LogP contribution in [0.5, 0.6) is 17.2 Å². The summed E-state index contributed by atoms with van der Waals surface area (Å²) in [6.45, 7) is 0.0825. The second-order valence-electron chi connectivity index (χ2n) is 7.82. The molecule has 0 atom stereocenters. The van der Waals surface area contributed by atoms with Crippen LogP contribution in [-0.2, 0) is 9.59 Å². The van der Waals surface area contributed by atoms with Crippen LogP contribution in [0, 0.1) is 5.82 Å². The Kier molecular flexibility index (Phi) is 5.92. The summed E-state index contributed by atoms with van der Waals surface area (Å²) in [4.78, 5) is 38.9. The second kappa shape index (κ2) is 9.34. The molecule has 0 radical (unpaired) electrons. The minimum atomic E-state index is -0.660. The largest absolute Gasteiger partial charge is 0.482 e. The van der Waals surface area contributed by atoms with E-state index in [1.807, 2.05) is 0 Å². The summed E-state index contributed by atoms with van der Waals surface area (Å²) in [5.41, 5.74) is 1.12. The standard InChI is InChI=1S/C25H20FN3O6/c26-17-7-6-16(27-25(32)15-5-8-21-22(11-15)35-14-34-21)12-18(17)28-23(30)9-10-29-19-3-1-2-4-20(19)33-13-24(29)31/h1-8,11-12H,9-10,13-14H2,(H,27,32)(H,28,30). The maximum Gasteiger partial charge on any atom is 0.265 e. The van der Waals surface area contributed by atoms with Gasteiger partial charge in [-0.2, -0.15) is 0 Å². The van der Waals surface area contributed by atoms with Crippen LogP contribution in [0.3, 0.4) is 0 Å². The number of nitrogens with one attached hydrogen (secondary N) is 2. The Morgan fingerprint density at radius 3 is 2.63 bits per heavy atom. The molecule has 0 fully saturated rings. The van der Waals surface area contributed by atoms with Gasteiger partial charge in [0, 0.05) is 24.2 Å². The van der Waals surface area contributed by atoms with Crippen LogP contribution in [0.25, 0.3) is 0 Å². The van der Waals surface area contributed by atoms with E-state index in [9.17, 15) is 18.8 Å². The molecule has 0 unspecified atom stereocenters. The third kappa shape index (κ3) is 4.72. The zero-order chi connectivity index (χ0) is 24.4. The molecule has 3 aromatic rings. The van der Waals surface area contributed by atoms with E-state index in [4.69, 9.17) is 14.2 Å². The van der Waals surface area contributed by atoms with Gasteiger partial charge in [-0.05, 0) is 48.5 Å². The van der Waals surface area contributed by atoms with Crippen molar-refractivity contribution in [2.75, 3.05) is 35.5 Å². The summed E-state index contributed by atoms with van der Waals surface area (Å²) in [6, 6.07) is 15.7. The van der Waals surface area contributed by atoms with E-state index >= 15 is 0 Å². The number of rotatable bonds is 6. The molecule has 0 bridgehead atoms. The van der Waals surface area contributed by atoms with E-state index in [2.05, 4.69) is 10.6 Å². The second-order valence-corrected chi connectivity index (χ2v) is 7.82. The number of nitrogens with zero attached hydrogens (tertiary/aromatic N) is 1. The number of hydrogen-bond acceptors (Lipinski definition) is 6. The molecule has 3 aromatic carbocycles. The Hall–Kier alpha value is -4.60. The molecule has 0 saturated heterocycles. The molecule has 2 heterocycles. The fourth-order valence-corrected chi connectivity index (χ4v) is 3.77. The molecule has 0 spiro atoms. The maximum absolute atomic E-state index is 14.4. The minimum Gasteiger partial charge on any atom is -0.482 e. The lowest BCUT2D eigenvalue weighted by atomic mass is 10.1. The van der Waals surface area contributed by atoms with Crippen molar-refractivity contribution < 1.29 is 33.0 Å². The van der Waals surface area contributed by atoms with Gasteiger partial charge in [0.2, 0.25) is 12.7 Å². The Balaban J connectivity index is 1.22. The molecule has 35 heavy (non-hydrogen) atoms. The van der Waals surface area contributed by atoms with Gasteiger partial charge in [-0.1, -0.05) is 12.1 Å². The topological polar surface area (TPSA) is 106 Å². The summed E-state index contributed by atoms with van der Waals surface area (Å²) in [5, 5.41) is 5.18. The van der Waals surface area contributed by atoms with E-state index in [1.54, 1.807) is 42.5 Å². The SMILES string of the molecule is O=C(CCN1C(=O)COc2ccccc21)Nc1cc(NC(=O)c2ccc3c(c2)OCO3)ccc1F. The van der Waals surface area contributed by atoms with Crippen LogP contribution < -0.4 is 29.7 Å². The lowest BCUT2D eigenvalue weighted by molar-refractivity contribution is -0.121. The summed E-state index contributed by atoms with van der Waals surface area (Å²) < 4.78 is 30.3. The first-order chi connectivity index (χ1) is 17.0. The van der Waals surface area contributed by atoms with Crippen molar-refractivity contribution in [1.29, 1.82) is 0 Å². The van der Waals surface area contributed by atoms with Gasteiger partial charge in [-0.3, -0.25) is 14.4 Å². The highest BCUT2D eigenvalue weighted by Crippen LogP contribution is 2.33. The number of halogens is 1. The zero-order valence-electron chi connectivity index (χ0n) is 18.4. The van der Waals surface area contributed by atoms with Gasteiger partial charge in [-0.25, -0.2) is 4.39 Å². The van der Waals surface area contributed by atoms with Crippen LogP contribution in [0.1, 0.15) is 16.8 Å². The Bertz CT molecular complexity index is 1330. The minimum absolute atomic E-state index is 0.0622. The Morgan fingerprint density at radius 1 is 0.914 bits per heavy atom. The summed E-state index contributed by atoms with van der Waals surface area (Å²) in [5.74, 6) is -0.272. The number of benzene rings is 3. The molecule has 5 rings (SSSR count). The fourth-order valence-electron chi connectivity index (χ4n) is 3.77. The van der Waals surface area contributed by atoms with Gasteiger partial charge >= 0.3 is 0 Å². The summed E-state index contributed by atoms with van der Waals surface area (Å²) >= 11 is 0. The molecule has 178 valence electrons. The van der Waals surface area contributed by atoms with Crippen LogP contribution in [0.2, 0.25) is 0 Å². The maximum atomic E-state index is 14.4. The summed E-state index contributed by atoms with van der Waals surface area (Å²) in [6.07, 6.45) is -0.0622. The van der Waals surface area contributed by atoms with Crippen LogP contribution >= 0.6 is 0 Å². The van der Waals surface area contributed by atoms with Gasteiger partial charge in [-0.15, -0.1) is 0 Å². The number of anilines is 3. The van der Waals surface area contributed by atoms with Gasteiger partial charge in [0.05, 0.1) is 11.4 Å². The highest BCUT2D eigenvalue weighted by atomic mass is 19.1. The molecular weight excluding hydrogens is 457 g/mol. The lowest BCUT2D eigenvalue weighted by Crippen LogP contribution is -2.40. The number of para-hydroxylation sites is 2. The van der Waals surface area contributed by atoms with Crippen LogP contribution in [0.4, 0.5) is 21.5 Å². The molecule has 9 nitrogen and oxygen atoms in total. The molecule has 0 aromatic heterocycles. The molecule has 2 aliphatic heterocycles. The predicted molar refractivity (Wildman–Crippen MR) is 124 cm³/mol. The normalized spacial score (nSPS) is 13.6. The van der Waals surface area contributed by atoms with E-state index < -0.39 is 17.6 Å². The molecule has 10 heteroatoms. The number of amides is 3. The number of hydrogen-bond donors (Lipinski definition) is 2. The van der Waals surface area contributed by atoms with Crippen molar-refractivity contribution >= 4 is 34.8 Å². The first kappa shape index (κ1) is 22.2. The fraction of sp³-hybridized carbons (Fsp3) is 0.160. The van der Waals surface area contributed by atoms with Crippen molar-refractivity contribution in [1.82, 2.24) is 0 Å². The van der Waals surface area contributed by atoms with Crippen LogP contribution in [-0.4, -0.2) is 37.7 Å². The van der Waals surface area contributed by atoms with Gasteiger partial charge in [0.1, 0.15) is 11.6 Å². The van der Waals surface area contributed by atoms with Gasteiger partial charge in [0.15, 0.2) is 18.1 Å². The first-order valence-electron chi connectivity index (χ1n) is 10.8. The third-order valence-corrected chi connectivity index (χ3v) is 5.50. The molecular formula is C25H20FN3O6. The molecule has 0 aliphatic carbocycles. The third-order valence-electron chi connectivity index (χ3n) is 5.50. The highest BCUT2D eigenvalue weighted by Gasteiger charge is 2.25. The smallest absolute Gasteiger partial charge is 0.265 e. The highest BCUT2D eigenvalue weighted by molar-refractivity contribution is 6.05. The van der Waals surface area contributed by atoms with Crippen molar-refractivity contribution in [3.8, 4) is 17.2 Å². The molecule has 0 saturated carbocycles. The van der Waals surface area contributed by atoms with Crippen LogP contribution in [0.15, 0.2) is 60.7 Å². The monoisotopic (exact) mass is 477 g/mol. The molecule has 2 aliphatic rings. The number of carbonyl (C=O) groups is 3. The van der Waals surface area contributed by atoms with E-state index in [-0.39, 0.29) is 38.0 Å². The Morgan fingerprint density at radius 2 is 1.74 bits per heavy atom.